The molecule has 0 aliphatic rings. The third-order valence-corrected chi connectivity index (χ3v) is 3.25. The van der Waals surface area contributed by atoms with Gasteiger partial charge in [0.15, 0.2) is 0 Å². The van der Waals surface area contributed by atoms with Crippen LogP contribution in [0, 0.1) is 0 Å². The number of aliphatic hydroxyl groups is 1. The number of ether oxygens (including phenoxy) is 1. The van der Waals surface area contributed by atoms with E-state index in [0.717, 1.165) is 40.7 Å². The highest BCUT2D eigenvalue weighted by atomic mass is 16.5. The van der Waals surface area contributed by atoms with Crippen molar-refractivity contribution in [3.05, 3.63) is 36.1 Å². The van der Waals surface area contributed by atoms with Gasteiger partial charge in [-0.1, -0.05) is 12.1 Å². The summed E-state index contributed by atoms with van der Waals surface area (Å²) in [5.74, 6) is 0.895. The third-order valence-electron chi connectivity index (χ3n) is 3.25. The summed E-state index contributed by atoms with van der Waals surface area (Å²) in [5.41, 5.74) is 1.87. The minimum atomic E-state index is 0.769. The number of quaternary nitrogens is 1. The first-order chi connectivity index (χ1) is 9.42. The van der Waals surface area contributed by atoms with E-state index in [1.165, 1.54) is 19.4 Å². The second-order valence-electron chi connectivity index (χ2n) is 6.26. The van der Waals surface area contributed by atoms with Gasteiger partial charge in [-0.05, 0) is 49.5 Å². The largest absolute Gasteiger partial charge is 0.515 e. The Morgan fingerprint density at radius 1 is 1.10 bits per heavy atom. The van der Waals surface area contributed by atoms with E-state index < -0.39 is 0 Å². The quantitative estimate of drug-likeness (QED) is 0.444. The maximum atomic E-state index is 8.94. The zero-order valence-electron chi connectivity index (χ0n) is 13.2. The lowest BCUT2D eigenvalue weighted by molar-refractivity contribution is -0.870. The Labute approximate surface area is 123 Å². The molecule has 3 heteroatoms. The van der Waals surface area contributed by atoms with Gasteiger partial charge >= 0.3 is 0 Å². The monoisotopic (exact) mass is 278 g/mol. The van der Waals surface area contributed by atoms with Gasteiger partial charge in [-0.2, -0.15) is 0 Å². The fourth-order valence-electron chi connectivity index (χ4n) is 1.94. The first-order valence-electron chi connectivity index (χ1n) is 7.27. The number of allylic oxidation sites excluding steroid dienone is 1. The lowest BCUT2D eigenvalue weighted by atomic mass is 10.1. The number of benzene rings is 1. The van der Waals surface area contributed by atoms with Gasteiger partial charge in [0.25, 0.3) is 0 Å². The van der Waals surface area contributed by atoms with Crippen molar-refractivity contribution in [1.82, 2.24) is 0 Å². The van der Waals surface area contributed by atoms with Gasteiger partial charge < -0.3 is 14.3 Å². The average molecular weight is 278 g/mol. The molecule has 0 spiro atoms. The summed E-state index contributed by atoms with van der Waals surface area (Å²) in [4.78, 5) is 0. The maximum Gasteiger partial charge on any atom is 0.119 e. The maximum absolute atomic E-state index is 8.94. The normalized spacial score (nSPS) is 12.5. The zero-order chi connectivity index (χ0) is 15.0. The van der Waals surface area contributed by atoms with E-state index in [4.69, 9.17) is 9.84 Å². The number of nitrogens with zero attached hydrogens (tertiary/aromatic N) is 1. The molecule has 20 heavy (non-hydrogen) atoms. The molecule has 0 aromatic heterocycles. The fourth-order valence-corrected chi connectivity index (χ4v) is 1.94. The van der Waals surface area contributed by atoms with Gasteiger partial charge in [-0.15, -0.1) is 0 Å². The van der Waals surface area contributed by atoms with E-state index in [-0.39, 0.29) is 0 Å². The molecule has 112 valence electrons. The fraction of sp³-hybridized carbons (Fsp3) is 0.529. The Bertz CT molecular complexity index is 416. The molecular weight excluding hydrogens is 250 g/mol. The Kier molecular flexibility index (Phi) is 6.59. The molecule has 0 aliphatic carbocycles. The van der Waals surface area contributed by atoms with Crippen LogP contribution in [0.15, 0.2) is 30.5 Å². The van der Waals surface area contributed by atoms with Crippen LogP contribution in [0.2, 0.25) is 0 Å². The highest BCUT2D eigenvalue weighted by Gasteiger charge is 2.05. The Morgan fingerprint density at radius 3 is 2.30 bits per heavy atom. The summed E-state index contributed by atoms with van der Waals surface area (Å²) in [6, 6.07) is 7.84. The van der Waals surface area contributed by atoms with E-state index in [1.807, 2.05) is 31.2 Å². The Hall–Kier alpha value is -1.48. The summed E-state index contributed by atoms with van der Waals surface area (Å²) >= 11 is 0. The molecule has 0 saturated carbocycles. The van der Waals surface area contributed by atoms with Crippen molar-refractivity contribution in [2.75, 3.05) is 34.3 Å². The first-order valence-corrected chi connectivity index (χ1v) is 7.27. The van der Waals surface area contributed by atoms with Crippen molar-refractivity contribution in [1.29, 1.82) is 0 Å². The number of unbranched alkanes of at least 4 members (excludes halogenated alkanes) is 2. The highest BCUT2D eigenvalue weighted by Crippen LogP contribution is 2.18. The molecule has 3 nitrogen and oxygen atoms in total. The van der Waals surface area contributed by atoms with Crippen LogP contribution >= 0.6 is 0 Å². The van der Waals surface area contributed by atoms with E-state index in [0.29, 0.717) is 0 Å². The van der Waals surface area contributed by atoms with Gasteiger partial charge in [0.1, 0.15) is 5.75 Å². The van der Waals surface area contributed by atoms with E-state index >= 15 is 0 Å². The molecule has 0 atom stereocenters. The molecule has 1 aromatic rings. The number of hydrogen-bond donors (Lipinski definition) is 1. The molecule has 1 rings (SSSR count). The van der Waals surface area contributed by atoms with Crippen molar-refractivity contribution in [3.8, 4) is 5.75 Å². The summed E-state index contributed by atoms with van der Waals surface area (Å²) in [6.45, 7) is 3.86. The predicted octanol–water partition coefficient (Wildman–Crippen LogP) is 3.86. The van der Waals surface area contributed by atoms with Gasteiger partial charge in [0.2, 0.25) is 0 Å². The first kappa shape index (κ1) is 16.6. The van der Waals surface area contributed by atoms with Crippen LogP contribution in [-0.2, 0) is 0 Å². The third kappa shape index (κ3) is 6.62. The molecule has 0 radical (unpaired) electrons. The van der Waals surface area contributed by atoms with Crippen molar-refractivity contribution in [2.24, 2.45) is 0 Å². The molecule has 0 saturated heterocycles. The van der Waals surface area contributed by atoms with Crippen LogP contribution in [0.4, 0.5) is 0 Å². The molecule has 0 amide bonds. The predicted molar refractivity (Wildman–Crippen MR) is 85.0 cm³/mol. The molecule has 0 heterocycles. The lowest BCUT2D eigenvalue weighted by Gasteiger charge is -2.23. The minimum absolute atomic E-state index is 0.769. The average Bonchev–Trinajstić information content (AvgIpc) is 2.41. The topological polar surface area (TPSA) is 29.5 Å². The Morgan fingerprint density at radius 2 is 1.75 bits per heavy atom. The zero-order valence-corrected chi connectivity index (χ0v) is 13.2. The standard InChI is InChI=1S/C17H27NO2/c1-15(14-19)16-8-10-17(11-9-16)20-13-7-5-6-12-18(2,3)4/h8-11,14H,5-7,12-13H2,1-4H3/p+1/b15-14+. The van der Waals surface area contributed by atoms with Crippen LogP contribution in [0.25, 0.3) is 5.57 Å². The van der Waals surface area contributed by atoms with Crippen LogP contribution in [0.5, 0.6) is 5.75 Å². The van der Waals surface area contributed by atoms with E-state index in [2.05, 4.69) is 21.1 Å². The van der Waals surface area contributed by atoms with Crippen LogP contribution in [0.1, 0.15) is 31.7 Å². The van der Waals surface area contributed by atoms with Gasteiger partial charge in [-0.25, -0.2) is 0 Å². The van der Waals surface area contributed by atoms with Gasteiger partial charge in [0, 0.05) is 0 Å². The number of aliphatic hydroxyl groups excluding tert-OH is 1. The number of hydrogen-bond acceptors (Lipinski definition) is 2. The molecule has 0 bridgehead atoms. The lowest BCUT2D eigenvalue weighted by Crippen LogP contribution is -2.35. The van der Waals surface area contributed by atoms with Crippen molar-refractivity contribution >= 4 is 5.57 Å². The van der Waals surface area contributed by atoms with Crippen LogP contribution in [0.3, 0.4) is 0 Å². The summed E-state index contributed by atoms with van der Waals surface area (Å²) < 4.78 is 6.75. The Balaban J connectivity index is 2.23. The van der Waals surface area contributed by atoms with Gasteiger partial charge in [0.05, 0.1) is 40.6 Å². The smallest absolute Gasteiger partial charge is 0.119 e. The minimum Gasteiger partial charge on any atom is -0.515 e. The van der Waals surface area contributed by atoms with E-state index in [9.17, 15) is 0 Å². The van der Waals surface area contributed by atoms with Crippen LogP contribution < -0.4 is 4.74 Å². The molecule has 0 unspecified atom stereocenters. The van der Waals surface area contributed by atoms with Gasteiger partial charge in [-0.3, -0.25) is 0 Å². The molecule has 0 aliphatic heterocycles. The molecule has 1 N–H and O–H groups in total. The number of rotatable bonds is 8. The van der Waals surface area contributed by atoms with Crippen molar-refractivity contribution < 1.29 is 14.3 Å². The SMILES string of the molecule is C/C(=C\O)c1ccc(OCCCCC[N+](C)(C)C)cc1. The van der Waals surface area contributed by atoms with Crippen molar-refractivity contribution in [2.45, 2.75) is 26.2 Å². The second kappa shape index (κ2) is 7.95. The summed E-state index contributed by atoms with van der Waals surface area (Å²) in [5, 5.41) is 8.94. The van der Waals surface area contributed by atoms with Crippen molar-refractivity contribution in [3.63, 3.8) is 0 Å². The molecule has 1 aromatic carbocycles. The highest BCUT2D eigenvalue weighted by molar-refractivity contribution is 5.62. The summed E-state index contributed by atoms with van der Waals surface area (Å²) in [7, 11) is 6.67. The molecule has 0 fully saturated rings. The molecular formula is C17H28NO2+. The second-order valence-corrected chi connectivity index (χ2v) is 6.26. The van der Waals surface area contributed by atoms with E-state index in [1.54, 1.807) is 0 Å². The summed E-state index contributed by atoms with van der Waals surface area (Å²) in [6.07, 6.45) is 4.67. The van der Waals surface area contributed by atoms with Crippen LogP contribution in [-0.4, -0.2) is 43.9 Å².